The number of fused-ring (bicyclic) bond motifs is 2. The summed E-state index contributed by atoms with van der Waals surface area (Å²) in [7, 11) is -3.66. The summed E-state index contributed by atoms with van der Waals surface area (Å²) in [5.74, 6) is 0.685. The highest BCUT2D eigenvalue weighted by atomic mass is 32.2. The molecule has 4 aromatic rings. The van der Waals surface area contributed by atoms with Crippen molar-refractivity contribution >= 4 is 20.6 Å². The van der Waals surface area contributed by atoms with Crippen LogP contribution < -0.4 is 10.3 Å². The molecule has 0 fully saturated rings. The fourth-order valence-corrected chi connectivity index (χ4v) is 4.69. The lowest BCUT2D eigenvalue weighted by Gasteiger charge is -2.07. The summed E-state index contributed by atoms with van der Waals surface area (Å²) in [6.45, 7) is 1.50. The van der Waals surface area contributed by atoms with Crippen LogP contribution in [-0.2, 0) is 22.9 Å². The maximum absolute atomic E-state index is 12.8. The average Bonchev–Trinajstić information content (AvgIpc) is 3.32. The number of hydrogen-bond donors (Lipinski definition) is 0. The number of aromatic nitrogens is 4. The van der Waals surface area contributed by atoms with Crippen molar-refractivity contribution in [3.63, 3.8) is 0 Å². The SMILES string of the molecule is O=c1c2ccc(S(=O)(=O)c3ccccc3)cc2cnn1Cc1cc2n(n1)CCO2. The van der Waals surface area contributed by atoms with Crippen molar-refractivity contribution in [2.75, 3.05) is 6.61 Å². The third-order valence-corrected chi connectivity index (χ3v) is 6.61. The molecule has 146 valence electrons. The van der Waals surface area contributed by atoms with E-state index in [4.69, 9.17) is 4.74 Å². The van der Waals surface area contributed by atoms with Gasteiger partial charge in [0.1, 0.15) is 6.61 Å². The smallest absolute Gasteiger partial charge is 0.274 e. The van der Waals surface area contributed by atoms with Crippen LogP contribution in [0.5, 0.6) is 5.88 Å². The monoisotopic (exact) mass is 408 g/mol. The molecule has 9 heteroatoms. The van der Waals surface area contributed by atoms with E-state index in [9.17, 15) is 13.2 Å². The molecule has 0 atom stereocenters. The van der Waals surface area contributed by atoms with E-state index in [1.165, 1.54) is 29.1 Å². The zero-order valence-corrected chi connectivity index (χ0v) is 16.0. The van der Waals surface area contributed by atoms with Crippen LogP contribution in [0.3, 0.4) is 0 Å². The molecular formula is C20H16N4O4S. The Morgan fingerprint density at radius 2 is 1.86 bits per heavy atom. The highest BCUT2D eigenvalue weighted by molar-refractivity contribution is 7.91. The Balaban J connectivity index is 1.52. The van der Waals surface area contributed by atoms with Crippen molar-refractivity contribution in [2.24, 2.45) is 0 Å². The molecule has 0 bridgehead atoms. The lowest BCUT2D eigenvalue weighted by Crippen LogP contribution is -2.23. The Hall–Kier alpha value is -3.46. The summed E-state index contributed by atoms with van der Waals surface area (Å²) < 4.78 is 34.1. The van der Waals surface area contributed by atoms with Gasteiger partial charge in [-0.15, -0.1) is 0 Å². The van der Waals surface area contributed by atoms with Gasteiger partial charge < -0.3 is 4.74 Å². The number of rotatable bonds is 4. The first kappa shape index (κ1) is 17.6. The average molecular weight is 408 g/mol. The second-order valence-electron chi connectivity index (χ2n) is 6.72. The van der Waals surface area contributed by atoms with Crippen molar-refractivity contribution in [1.82, 2.24) is 19.6 Å². The van der Waals surface area contributed by atoms with Gasteiger partial charge in [0.15, 0.2) is 0 Å². The number of nitrogens with zero attached hydrogens (tertiary/aromatic N) is 4. The maximum atomic E-state index is 12.8. The summed E-state index contributed by atoms with van der Waals surface area (Å²) >= 11 is 0. The van der Waals surface area contributed by atoms with E-state index in [1.807, 2.05) is 0 Å². The quantitative estimate of drug-likeness (QED) is 0.512. The van der Waals surface area contributed by atoms with Gasteiger partial charge in [0.05, 0.1) is 40.2 Å². The van der Waals surface area contributed by atoms with Crippen molar-refractivity contribution in [2.45, 2.75) is 22.9 Å². The molecule has 0 aliphatic carbocycles. The van der Waals surface area contributed by atoms with E-state index in [-0.39, 0.29) is 21.9 Å². The minimum Gasteiger partial charge on any atom is -0.476 e. The molecule has 2 aromatic heterocycles. The normalized spacial score (nSPS) is 13.4. The van der Waals surface area contributed by atoms with Gasteiger partial charge in [0.2, 0.25) is 15.7 Å². The first-order valence-electron chi connectivity index (χ1n) is 9.02. The van der Waals surface area contributed by atoms with Crippen molar-refractivity contribution in [1.29, 1.82) is 0 Å². The molecule has 0 saturated carbocycles. The molecular weight excluding hydrogens is 392 g/mol. The molecule has 0 radical (unpaired) electrons. The minimum atomic E-state index is -3.66. The summed E-state index contributed by atoms with van der Waals surface area (Å²) in [6.07, 6.45) is 1.50. The zero-order chi connectivity index (χ0) is 20.0. The molecule has 0 spiro atoms. The Bertz CT molecular complexity index is 1370. The highest BCUT2D eigenvalue weighted by Crippen LogP contribution is 2.23. The van der Waals surface area contributed by atoms with Crippen LogP contribution in [0.2, 0.25) is 0 Å². The van der Waals surface area contributed by atoms with Crippen LogP contribution in [0.15, 0.2) is 75.4 Å². The van der Waals surface area contributed by atoms with Gasteiger partial charge in [-0.2, -0.15) is 10.2 Å². The largest absolute Gasteiger partial charge is 0.476 e. The Kier molecular flexibility index (Phi) is 3.99. The molecule has 8 nitrogen and oxygen atoms in total. The lowest BCUT2D eigenvalue weighted by atomic mass is 10.2. The molecule has 0 saturated heterocycles. The molecule has 0 unspecified atom stereocenters. The van der Waals surface area contributed by atoms with E-state index >= 15 is 0 Å². The molecule has 2 aromatic carbocycles. The second-order valence-corrected chi connectivity index (χ2v) is 8.67. The summed E-state index contributed by atoms with van der Waals surface area (Å²) in [6, 6.07) is 14.4. The number of benzene rings is 2. The van der Waals surface area contributed by atoms with Gasteiger partial charge in [-0.3, -0.25) is 4.79 Å². The van der Waals surface area contributed by atoms with Gasteiger partial charge in [-0.05, 0) is 30.3 Å². The number of ether oxygens (including phenoxy) is 1. The maximum Gasteiger partial charge on any atom is 0.274 e. The first-order valence-corrected chi connectivity index (χ1v) is 10.5. The third kappa shape index (κ3) is 2.99. The molecule has 1 aliphatic heterocycles. The first-order chi connectivity index (χ1) is 14.0. The number of hydrogen-bond acceptors (Lipinski definition) is 6. The lowest BCUT2D eigenvalue weighted by molar-refractivity contribution is 0.356. The van der Waals surface area contributed by atoms with Gasteiger partial charge in [-0.1, -0.05) is 18.2 Å². The van der Waals surface area contributed by atoms with E-state index in [0.717, 1.165) is 0 Å². The number of sulfone groups is 1. The van der Waals surface area contributed by atoms with Crippen LogP contribution in [0.25, 0.3) is 10.8 Å². The predicted molar refractivity (Wildman–Crippen MR) is 105 cm³/mol. The molecule has 0 N–H and O–H groups in total. The predicted octanol–water partition coefficient (Wildman–Crippen LogP) is 1.87. The van der Waals surface area contributed by atoms with Crippen LogP contribution in [-0.4, -0.2) is 34.6 Å². The van der Waals surface area contributed by atoms with Crippen LogP contribution >= 0.6 is 0 Å². The molecule has 29 heavy (non-hydrogen) atoms. The Morgan fingerprint density at radius 3 is 2.66 bits per heavy atom. The van der Waals surface area contributed by atoms with Gasteiger partial charge >= 0.3 is 0 Å². The fraction of sp³-hybridized carbons (Fsp3) is 0.150. The highest BCUT2D eigenvalue weighted by Gasteiger charge is 2.19. The van der Waals surface area contributed by atoms with Crippen molar-refractivity contribution in [3.8, 4) is 5.88 Å². The van der Waals surface area contributed by atoms with Gasteiger partial charge in [-0.25, -0.2) is 17.8 Å². The molecule has 0 amide bonds. The van der Waals surface area contributed by atoms with Crippen LogP contribution in [0.4, 0.5) is 0 Å². The topological polar surface area (TPSA) is 96.1 Å². The van der Waals surface area contributed by atoms with Crippen LogP contribution in [0, 0.1) is 0 Å². The van der Waals surface area contributed by atoms with Crippen LogP contribution in [0.1, 0.15) is 5.69 Å². The third-order valence-electron chi connectivity index (χ3n) is 4.85. The molecule has 1 aliphatic rings. The van der Waals surface area contributed by atoms with E-state index in [0.29, 0.717) is 35.5 Å². The van der Waals surface area contributed by atoms with E-state index in [1.54, 1.807) is 41.1 Å². The Morgan fingerprint density at radius 1 is 1.03 bits per heavy atom. The van der Waals surface area contributed by atoms with Crippen molar-refractivity contribution in [3.05, 3.63) is 76.8 Å². The fourth-order valence-electron chi connectivity index (χ4n) is 3.38. The summed E-state index contributed by atoms with van der Waals surface area (Å²) in [5, 5.41) is 9.47. The molecule has 3 heterocycles. The molecule has 5 rings (SSSR count). The standard InChI is InChI=1S/C20H16N4O4S/c25-20-18-7-6-17(29(26,27)16-4-2-1-3-5-16)10-14(18)12-21-24(20)13-15-11-19-23(22-15)8-9-28-19/h1-7,10-12H,8-9,13H2. The van der Waals surface area contributed by atoms with Crippen molar-refractivity contribution < 1.29 is 13.2 Å². The summed E-state index contributed by atoms with van der Waals surface area (Å²) in [4.78, 5) is 13.2. The van der Waals surface area contributed by atoms with E-state index < -0.39 is 9.84 Å². The van der Waals surface area contributed by atoms with E-state index in [2.05, 4.69) is 10.2 Å². The summed E-state index contributed by atoms with van der Waals surface area (Å²) in [5.41, 5.74) is 0.372. The van der Waals surface area contributed by atoms with Gasteiger partial charge in [0.25, 0.3) is 5.56 Å². The van der Waals surface area contributed by atoms with Gasteiger partial charge in [0, 0.05) is 11.5 Å². The second kappa shape index (κ2) is 6.56. The zero-order valence-electron chi connectivity index (χ0n) is 15.2. The Labute approximate surface area is 165 Å². The minimum absolute atomic E-state index is 0.123.